The van der Waals surface area contributed by atoms with E-state index in [1.54, 1.807) is 18.3 Å². The lowest BCUT2D eigenvalue weighted by Gasteiger charge is -2.32. The van der Waals surface area contributed by atoms with Gasteiger partial charge in [-0.2, -0.15) is 0 Å². The second kappa shape index (κ2) is 9.80. The van der Waals surface area contributed by atoms with Crippen LogP contribution in [0, 0.1) is 5.92 Å². The second-order valence-electron chi connectivity index (χ2n) is 8.42. The van der Waals surface area contributed by atoms with Crippen LogP contribution in [0.1, 0.15) is 30.7 Å². The number of thioether (sulfide) groups is 1. The predicted octanol–water partition coefficient (Wildman–Crippen LogP) is 3.60. The predicted molar refractivity (Wildman–Crippen MR) is 131 cm³/mol. The van der Waals surface area contributed by atoms with Crippen molar-refractivity contribution in [3.05, 3.63) is 65.0 Å². The van der Waals surface area contributed by atoms with E-state index in [0.29, 0.717) is 22.5 Å². The molecule has 0 spiro atoms. The number of hydrogen-bond donors (Lipinski definition) is 1. The van der Waals surface area contributed by atoms with Gasteiger partial charge in [-0.3, -0.25) is 14.6 Å². The molecule has 2 fully saturated rings. The molecule has 8 heteroatoms. The minimum atomic E-state index is -0.127. The summed E-state index contributed by atoms with van der Waals surface area (Å²) in [6.45, 7) is 3.52. The minimum absolute atomic E-state index is 0.0209. The van der Waals surface area contributed by atoms with Crippen molar-refractivity contribution < 1.29 is 9.59 Å². The lowest BCUT2D eigenvalue weighted by atomic mass is 9.97. The standard InChI is InChI=1S/C25H25N5O2S/c31-22-14-24(32)33-23(22)13-19-7-10-27-25(29-19)30-11-8-17(9-12-30)15-26-16-20-6-5-18-3-1-2-4-21(18)28-20/h1-7,10,13,17,26H,8-9,11-12,14-16H2/b23-13-. The van der Waals surface area contributed by atoms with E-state index in [9.17, 15) is 9.59 Å². The molecule has 2 aliphatic rings. The number of anilines is 1. The van der Waals surface area contributed by atoms with Crippen LogP contribution in [0.4, 0.5) is 5.95 Å². The smallest absolute Gasteiger partial charge is 0.225 e. The Morgan fingerprint density at radius 2 is 1.91 bits per heavy atom. The van der Waals surface area contributed by atoms with Gasteiger partial charge in [0.2, 0.25) is 11.1 Å². The quantitative estimate of drug-likeness (QED) is 0.442. The molecular formula is C25H25N5O2S. The molecule has 5 rings (SSSR count). The Kier molecular flexibility index (Phi) is 6.46. The van der Waals surface area contributed by atoms with Crippen LogP contribution < -0.4 is 10.2 Å². The van der Waals surface area contributed by atoms with Crippen molar-refractivity contribution in [1.29, 1.82) is 0 Å². The number of Topliss-reactive ketones (excluding diaryl/α,β-unsaturated/α-hetero) is 1. The molecule has 33 heavy (non-hydrogen) atoms. The van der Waals surface area contributed by atoms with Gasteiger partial charge >= 0.3 is 0 Å². The van der Waals surface area contributed by atoms with E-state index in [1.807, 2.05) is 18.2 Å². The molecular weight excluding hydrogens is 434 g/mol. The average molecular weight is 460 g/mol. The number of nitrogens with zero attached hydrogens (tertiary/aromatic N) is 4. The van der Waals surface area contributed by atoms with E-state index < -0.39 is 0 Å². The van der Waals surface area contributed by atoms with E-state index in [1.165, 1.54) is 0 Å². The first kappa shape index (κ1) is 21.7. The fourth-order valence-corrected chi connectivity index (χ4v) is 5.04. The molecule has 0 amide bonds. The Morgan fingerprint density at radius 1 is 1.06 bits per heavy atom. The topological polar surface area (TPSA) is 88.1 Å². The molecule has 1 aromatic carbocycles. The molecule has 7 nitrogen and oxygen atoms in total. The largest absolute Gasteiger partial charge is 0.341 e. The van der Waals surface area contributed by atoms with Gasteiger partial charge in [-0.05, 0) is 61.3 Å². The minimum Gasteiger partial charge on any atom is -0.341 e. The molecule has 0 bridgehead atoms. The van der Waals surface area contributed by atoms with E-state index >= 15 is 0 Å². The second-order valence-corrected chi connectivity index (χ2v) is 9.52. The molecule has 1 N–H and O–H groups in total. The maximum atomic E-state index is 11.9. The van der Waals surface area contributed by atoms with Crippen LogP contribution in [0.25, 0.3) is 17.0 Å². The summed E-state index contributed by atoms with van der Waals surface area (Å²) in [5.41, 5.74) is 2.76. The molecule has 0 atom stereocenters. The molecule has 2 aromatic heterocycles. The van der Waals surface area contributed by atoms with Crippen molar-refractivity contribution in [3.63, 3.8) is 0 Å². The molecule has 0 radical (unpaired) electrons. The highest BCUT2D eigenvalue weighted by Crippen LogP contribution is 2.30. The lowest BCUT2D eigenvalue weighted by Crippen LogP contribution is -2.38. The van der Waals surface area contributed by atoms with E-state index in [4.69, 9.17) is 4.98 Å². The summed E-state index contributed by atoms with van der Waals surface area (Å²) in [5, 5.41) is 4.63. The van der Waals surface area contributed by atoms with Crippen LogP contribution >= 0.6 is 11.8 Å². The normalized spacial score (nSPS) is 18.5. The van der Waals surface area contributed by atoms with Gasteiger partial charge in [0.05, 0.1) is 28.2 Å². The Bertz CT molecular complexity index is 1220. The summed E-state index contributed by atoms with van der Waals surface area (Å²) in [4.78, 5) is 39.8. The highest BCUT2D eigenvalue weighted by Gasteiger charge is 2.26. The maximum Gasteiger partial charge on any atom is 0.225 e. The average Bonchev–Trinajstić information content (AvgIpc) is 3.16. The van der Waals surface area contributed by atoms with Gasteiger partial charge < -0.3 is 10.2 Å². The van der Waals surface area contributed by atoms with Gasteiger partial charge in [0.25, 0.3) is 0 Å². The van der Waals surface area contributed by atoms with Gasteiger partial charge in [0.15, 0.2) is 5.78 Å². The van der Waals surface area contributed by atoms with Gasteiger partial charge in [-0.25, -0.2) is 9.97 Å². The summed E-state index contributed by atoms with van der Waals surface area (Å²) in [6, 6.07) is 14.2. The zero-order chi connectivity index (χ0) is 22.6. The molecule has 4 heterocycles. The van der Waals surface area contributed by atoms with Crippen molar-refractivity contribution in [2.75, 3.05) is 24.5 Å². The van der Waals surface area contributed by atoms with E-state index in [0.717, 1.165) is 67.4 Å². The van der Waals surface area contributed by atoms with Crippen LogP contribution in [0.2, 0.25) is 0 Å². The number of hydrogen-bond acceptors (Lipinski definition) is 8. The third-order valence-corrected chi connectivity index (χ3v) is 6.98. The van der Waals surface area contributed by atoms with Crippen LogP contribution in [0.3, 0.4) is 0 Å². The monoisotopic (exact) mass is 459 g/mol. The first-order valence-electron chi connectivity index (χ1n) is 11.2. The number of carbonyl (C=O) groups excluding carboxylic acids is 2. The summed E-state index contributed by atoms with van der Waals surface area (Å²) in [6.07, 6.45) is 5.52. The van der Waals surface area contributed by atoms with Crippen LogP contribution in [-0.4, -0.2) is 45.5 Å². The molecule has 0 unspecified atom stereocenters. The number of aromatic nitrogens is 3. The highest BCUT2D eigenvalue weighted by atomic mass is 32.2. The molecule has 0 saturated carbocycles. The lowest BCUT2D eigenvalue weighted by molar-refractivity contribution is -0.119. The zero-order valence-corrected chi connectivity index (χ0v) is 19.1. The Balaban J connectivity index is 1.12. The number of ketones is 1. The maximum absolute atomic E-state index is 11.9. The highest BCUT2D eigenvalue weighted by molar-refractivity contribution is 8.18. The number of nitrogens with one attached hydrogen (secondary N) is 1. The molecule has 3 aromatic rings. The van der Waals surface area contributed by atoms with Crippen LogP contribution in [0.5, 0.6) is 0 Å². The van der Waals surface area contributed by atoms with E-state index in [-0.39, 0.29) is 17.3 Å². The van der Waals surface area contributed by atoms with Crippen molar-refractivity contribution in [1.82, 2.24) is 20.3 Å². The Hall–Kier alpha value is -3.10. The summed E-state index contributed by atoms with van der Waals surface area (Å²) >= 11 is 1.00. The number of benzene rings is 1. The van der Waals surface area contributed by atoms with Gasteiger partial charge in [-0.1, -0.05) is 24.3 Å². The first-order chi connectivity index (χ1) is 16.1. The number of pyridine rings is 1. The van der Waals surface area contributed by atoms with Crippen LogP contribution in [0.15, 0.2) is 53.6 Å². The number of allylic oxidation sites excluding steroid dienone is 1. The molecule has 0 aliphatic carbocycles. The van der Waals surface area contributed by atoms with Crippen molar-refractivity contribution in [2.45, 2.75) is 25.8 Å². The third-order valence-electron chi connectivity index (χ3n) is 6.04. The number of para-hydroxylation sites is 1. The summed E-state index contributed by atoms with van der Waals surface area (Å²) in [7, 11) is 0. The Morgan fingerprint density at radius 3 is 2.73 bits per heavy atom. The first-order valence-corrected chi connectivity index (χ1v) is 12.0. The number of fused-ring (bicyclic) bond motifs is 1. The van der Waals surface area contributed by atoms with Crippen LogP contribution in [-0.2, 0) is 16.1 Å². The number of carbonyl (C=O) groups is 2. The molecule has 168 valence electrons. The number of rotatable bonds is 6. The fourth-order valence-electron chi connectivity index (χ4n) is 4.22. The van der Waals surface area contributed by atoms with Crippen molar-refractivity contribution in [2.24, 2.45) is 5.92 Å². The van der Waals surface area contributed by atoms with Gasteiger partial charge in [0, 0.05) is 31.2 Å². The van der Waals surface area contributed by atoms with E-state index in [2.05, 4.69) is 38.4 Å². The van der Waals surface area contributed by atoms with Crippen molar-refractivity contribution in [3.8, 4) is 0 Å². The molecule has 2 aliphatic heterocycles. The summed E-state index contributed by atoms with van der Waals surface area (Å²) < 4.78 is 0. The SMILES string of the molecule is O=C1CC(=O)/C(=C/c2ccnc(N3CCC(CNCc4ccc5ccccc5n4)CC3)n2)S1. The van der Waals surface area contributed by atoms with Gasteiger partial charge in [-0.15, -0.1) is 0 Å². The Labute approximate surface area is 196 Å². The summed E-state index contributed by atoms with van der Waals surface area (Å²) in [5.74, 6) is 1.15. The number of piperidine rings is 1. The molecule has 2 saturated heterocycles. The van der Waals surface area contributed by atoms with Gasteiger partial charge in [0.1, 0.15) is 0 Å². The zero-order valence-electron chi connectivity index (χ0n) is 18.2. The fraction of sp³-hybridized carbons (Fsp3) is 0.320. The van der Waals surface area contributed by atoms with Crippen molar-refractivity contribution >= 4 is 45.6 Å². The third kappa shape index (κ3) is 5.29.